The van der Waals surface area contributed by atoms with E-state index in [0.717, 1.165) is 18.0 Å². The second kappa shape index (κ2) is 33.7. The number of hydrogen-bond donors (Lipinski definition) is 17. The van der Waals surface area contributed by atoms with Gasteiger partial charge in [0, 0.05) is 36.5 Å². The van der Waals surface area contributed by atoms with Gasteiger partial charge >= 0.3 is 5.97 Å². The van der Waals surface area contributed by atoms with E-state index in [-0.39, 0.29) is 64.0 Å². The SMILES string of the molecule is CC(C)[C@H](NC(=O)[C@@H](N)Cc1ccccc1)C(=O)N[C@@H](Cc1c[nH]c2ccccc12)C(=O)N[C@@H](CCC(N)=O)C(=O)N[C@@H](CCCCN)C(=O)NCC(=O)N[C@H](C(=O)N[C@@H](CC(N)=O)C(=O)N[C@@H](CCCN=C(N)N)C(=O)O)[C@@H](C)O. The van der Waals surface area contributed by atoms with Crippen LogP contribution in [0.5, 0.6) is 0 Å². The fourth-order valence-corrected chi connectivity index (χ4v) is 8.23. The van der Waals surface area contributed by atoms with Gasteiger partial charge in [0.2, 0.25) is 59.1 Å². The molecule has 3 rings (SSSR count). The minimum absolute atomic E-state index is 0.0258. The summed E-state index contributed by atoms with van der Waals surface area (Å²) >= 11 is 0. The van der Waals surface area contributed by atoms with E-state index in [1.165, 1.54) is 0 Å². The number of H-pyrrole nitrogens is 1. The van der Waals surface area contributed by atoms with Gasteiger partial charge in [0.15, 0.2) is 5.96 Å². The van der Waals surface area contributed by atoms with Gasteiger partial charge in [-0.05, 0) is 81.5 Å². The fraction of sp³-hybridized carbons (Fsp3) is 0.500. The van der Waals surface area contributed by atoms with Crippen molar-refractivity contribution >= 4 is 81.9 Å². The lowest BCUT2D eigenvalue weighted by Gasteiger charge is -2.28. The highest BCUT2D eigenvalue weighted by atomic mass is 16.4. The maximum absolute atomic E-state index is 14.5. The van der Waals surface area contributed by atoms with Crippen LogP contribution in [0.25, 0.3) is 10.9 Å². The first-order valence-electron chi connectivity index (χ1n) is 26.3. The minimum atomic E-state index is -1.83. The quantitative estimate of drug-likeness (QED) is 0.0148. The molecule has 0 saturated heterocycles. The highest BCUT2D eigenvalue weighted by molar-refractivity contribution is 5.99. The molecule has 9 atom stereocenters. The molecule has 0 aliphatic heterocycles. The number of fused-ring (bicyclic) bond motifs is 1. The Hall–Kier alpha value is -8.70. The molecule has 0 aliphatic carbocycles. The van der Waals surface area contributed by atoms with Crippen molar-refractivity contribution in [2.24, 2.45) is 45.3 Å². The normalized spacial score (nSPS) is 14.4. The summed E-state index contributed by atoms with van der Waals surface area (Å²) in [5, 5.41) is 40.4. The molecule has 1 heterocycles. The van der Waals surface area contributed by atoms with Crippen molar-refractivity contribution < 1.29 is 63.0 Å². The first kappa shape index (κ1) is 66.6. The zero-order chi connectivity index (χ0) is 60.3. The fourth-order valence-electron chi connectivity index (χ4n) is 8.23. The van der Waals surface area contributed by atoms with Gasteiger partial charge in [-0.25, -0.2) is 4.79 Å². The molecular formula is C52H78N16O13. The monoisotopic (exact) mass is 1130 g/mol. The number of carbonyl (C=O) groups is 11. The van der Waals surface area contributed by atoms with Crippen LogP contribution >= 0.6 is 0 Å². The Morgan fingerprint density at radius 3 is 1.77 bits per heavy atom. The first-order chi connectivity index (χ1) is 38.3. The summed E-state index contributed by atoms with van der Waals surface area (Å²) in [7, 11) is 0. The van der Waals surface area contributed by atoms with Gasteiger partial charge in [0.25, 0.3) is 0 Å². The number of aliphatic carboxylic acids is 1. The van der Waals surface area contributed by atoms with Crippen LogP contribution in [0.1, 0.15) is 83.3 Å². The molecule has 444 valence electrons. The third-order valence-electron chi connectivity index (χ3n) is 12.6. The Morgan fingerprint density at radius 1 is 0.593 bits per heavy atom. The molecule has 2 aromatic carbocycles. The number of benzene rings is 2. The number of unbranched alkanes of at least 4 members (excludes halogenated alkanes) is 1. The van der Waals surface area contributed by atoms with Gasteiger partial charge in [-0.15, -0.1) is 0 Å². The number of nitrogens with two attached hydrogens (primary N) is 6. The van der Waals surface area contributed by atoms with E-state index in [0.29, 0.717) is 17.4 Å². The molecular weight excluding hydrogens is 1060 g/mol. The number of aliphatic imine (C=N–C) groups is 1. The number of nitrogens with one attached hydrogen (secondary N) is 9. The van der Waals surface area contributed by atoms with Crippen molar-refractivity contribution in [3.63, 3.8) is 0 Å². The molecule has 10 amide bonds. The van der Waals surface area contributed by atoms with Crippen LogP contribution in [0.3, 0.4) is 0 Å². The van der Waals surface area contributed by atoms with Crippen molar-refractivity contribution in [3.05, 3.63) is 71.9 Å². The number of carbonyl (C=O) groups excluding carboxylic acids is 10. The molecule has 0 saturated carbocycles. The van der Waals surface area contributed by atoms with Gasteiger partial charge in [0.1, 0.15) is 42.3 Å². The number of amides is 10. The molecule has 3 aromatic rings. The topological polar surface area (TPSA) is 509 Å². The Bertz CT molecular complexity index is 2680. The van der Waals surface area contributed by atoms with Crippen LogP contribution in [0.4, 0.5) is 0 Å². The summed E-state index contributed by atoms with van der Waals surface area (Å²) in [6.07, 6.45) is -1.09. The average Bonchev–Trinajstić information content (AvgIpc) is 3.84. The number of hydrogen-bond acceptors (Lipinski definition) is 15. The average molecular weight is 1140 g/mol. The second-order valence-corrected chi connectivity index (χ2v) is 19.6. The van der Waals surface area contributed by atoms with E-state index < -0.39 is 145 Å². The Balaban J connectivity index is 1.82. The van der Waals surface area contributed by atoms with Crippen LogP contribution in [0, 0.1) is 5.92 Å². The molecule has 1 aromatic heterocycles. The largest absolute Gasteiger partial charge is 0.480 e. The molecule has 29 nitrogen and oxygen atoms in total. The summed E-state index contributed by atoms with van der Waals surface area (Å²) in [4.78, 5) is 153. The van der Waals surface area contributed by atoms with E-state index in [1.54, 1.807) is 68.6 Å². The molecule has 0 unspecified atom stereocenters. The third-order valence-corrected chi connectivity index (χ3v) is 12.6. The number of nitrogens with zero attached hydrogens (tertiary/aromatic N) is 1. The zero-order valence-corrected chi connectivity index (χ0v) is 45.5. The Kier molecular flexibility index (Phi) is 27.7. The zero-order valence-electron chi connectivity index (χ0n) is 45.5. The number of aliphatic hydroxyl groups excluding tert-OH is 1. The highest BCUT2D eigenvalue weighted by Gasteiger charge is 2.36. The predicted octanol–water partition coefficient (Wildman–Crippen LogP) is -4.76. The van der Waals surface area contributed by atoms with Gasteiger partial charge in [0.05, 0.1) is 25.1 Å². The number of rotatable bonds is 36. The molecule has 0 bridgehead atoms. The third kappa shape index (κ3) is 23.3. The maximum atomic E-state index is 14.5. The predicted molar refractivity (Wildman–Crippen MR) is 296 cm³/mol. The van der Waals surface area contributed by atoms with Crippen molar-refractivity contribution in [1.82, 2.24) is 47.5 Å². The smallest absolute Gasteiger partial charge is 0.326 e. The first-order valence-corrected chi connectivity index (χ1v) is 26.3. The minimum Gasteiger partial charge on any atom is -0.480 e. The van der Waals surface area contributed by atoms with Crippen LogP contribution < -0.4 is 76.9 Å². The van der Waals surface area contributed by atoms with E-state index in [4.69, 9.17) is 34.4 Å². The standard InChI is InChI=1S/C52H78N16O13/c1-27(2)42(68-44(73)32(54)22-29-12-5-4-6-13-29)49(78)65-37(23-30-25-60-33-15-8-7-14-31(30)33)47(76)63-35(18-19-39(55)70)46(75)62-34(16-9-10-20-53)45(74)61-26-41(72)67-43(28(3)69)50(79)66-38(24-40(56)71)48(77)64-36(51(80)81)17-11-21-59-52(57)58/h4-8,12-15,25,27-28,32,34-38,42-43,60,69H,9-11,16-24,26,53-54H2,1-3H3,(H2,55,70)(H2,56,71)(H,61,74)(H,62,75)(H,63,76)(H,64,77)(H,65,78)(H,66,79)(H,67,72)(H,68,73)(H,80,81)(H4,57,58,59)/t28-,32+,34+,35+,36+,37+,38+,42+,43+/m1/s1. The second-order valence-electron chi connectivity index (χ2n) is 19.6. The van der Waals surface area contributed by atoms with Crippen molar-refractivity contribution in [1.29, 1.82) is 0 Å². The number of para-hydroxylation sites is 1. The molecule has 81 heavy (non-hydrogen) atoms. The molecule has 23 N–H and O–H groups in total. The Morgan fingerprint density at radius 2 is 1.16 bits per heavy atom. The summed E-state index contributed by atoms with van der Waals surface area (Å²) < 4.78 is 0. The van der Waals surface area contributed by atoms with Crippen LogP contribution in [0.15, 0.2) is 65.8 Å². The number of guanidine groups is 1. The Labute approximate surface area is 467 Å². The van der Waals surface area contributed by atoms with E-state index in [9.17, 15) is 63.0 Å². The molecule has 0 fully saturated rings. The molecule has 0 spiro atoms. The summed E-state index contributed by atoms with van der Waals surface area (Å²) in [5.41, 5.74) is 35.4. The number of carboxylic acid groups (broad SMARTS) is 1. The van der Waals surface area contributed by atoms with Crippen molar-refractivity contribution in [2.45, 2.75) is 139 Å². The lowest BCUT2D eigenvalue weighted by atomic mass is 9.99. The number of aromatic nitrogens is 1. The number of aromatic amines is 1. The van der Waals surface area contributed by atoms with E-state index >= 15 is 0 Å². The van der Waals surface area contributed by atoms with Crippen molar-refractivity contribution in [3.8, 4) is 0 Å². The van der Waals surface area contributed by atoms with Gasteiger partial charge < -0.3 is 92.1 Å². The van der Waals surface area contributed by atoms with Gasteiger partial charge in [-0.2, -0.15) is 0 Å². The van der Waals surface area contributed by atoms with Crippen LogP contribution in [-0.2, 0) is 65.6 Å². The molecule has 29 heteroatoms. The lowest BCUT2D eigenvalue weighted by molar-refractivity contribution is -0.142. The maximum Gasteiger partial charge on any atom is 0.326 e. The van der Waals surface area contributed by atoms with Crippen molar-refractivity contribution in [2.75, 3.05) is 19.6 Å². The summed E-state index contributed by atoms with van der Waals surface area (Å²) in [6.45, 7) is 3.83. The number of primary amides is 2. The van der Waals surface area contributed by atoms with E-state index in [2.05, 4.69) is 52.5 Å². The highest BCUT2D eigenvalue weighted by Crippen LogP contribution is 2.20. The van der Waals surface area contributed by atoms with Crippen LogP contribution in [-0.4, -0.2) is 160 Å². The van der Waals surface area contributed by atoms with Gasteiger partial charge in [-0.1, -0.05) is 62.4 Å². The van der Waals surface area contributed by atoms with E-state index in [1.807, 2.05) is 6.07 Å². The number of aliphatic hydroxyl groups is 1. The lowest BCUT2D eigenvalue weighted by Crippen LogP contribution is -2.60. The molecule has 0 radical (unpaired) electrons. The van der Waals surface area contributed by atoms with Gasteiger partial charge in [-0.3, -0.25) is 52.9 Å². The number of carboxylic acids is 1. The van der Waals surface area contributed by atoms with Crippen LogP contribution in [0.2, 0.25) is 0 Å². The molecule has 0 aliphatic rings. The summed E-state index contributed by atoms with van der Waals surface area (Å²) in [5.74, 6) is -11.7. The summed E-state index contributed by atoms with van der Waals surface area (Å²) in [6, 6.07) is 4.46.